The SMILES string of the molecule is Cc1cccc(NC(=O)C(F)(F)C(F)(F)C(F)(F)C(F)F)c1. The number of carbonyl (C=O) groups is 1. The van der Waals surface area contributed by atoms with Crippen LogP contribution in [0.1, 0.15) is 5.56 Å². The van der Waals surface area contributed by atoms with Crippen LogP contribution in [0.4, 0.5) is 40.8 Å². The molecule has 0 aliphatic heterocycles. The maximum Gasteiger partial charge on any atom is 0.393 e. The smallest absolute Gasteiger partial charge is 0.321 e. The summed E-state index contributed by atoms with van der Waals surface area (Å²) in [5.41, 5.74) is 0.0756. The first-order valence-corrected chi connectivity index (χ1v) is 5.63. The predicted molar refractivity (Wildman–Crippen MR) is 60.7 cm³/mol. The summed E-state index contributed by atoms with van der Waals surface area (Å²) in [7, 11) is 0. The second-order valence-corrected chi connectivity index (χ2v) is 4.40. The van der Waals surface area contributed by atoms with Gasteiger partial charge in [0.25, 0.3) is 0 Å². The molecular weight excluding hydrogens is 326 g/mol. The summed E-state index contributed by atoms with van der Waals surface area (Å²) in [6, 6.07) is 4.88. The number of hydrogen-bond acceptors (Lipinski definition) is 1. The summed E-state index contributed by atoms with van der Waals surface area (Å²) in [4.78, 5) is 11.1. The molecule has 0 bridgehead atoms. The number of rotatable bonds is 5. The lowest BCUT2D eigenvalue weighted by Crippen LogP contribution is -2.61. The van der Waals surface area contributed by atoms with Crippen molar-refractivity contribution in [1.29, 1.82) is 0 Å². The molecule has 0 aliphatic rings. The Hall–Kier alpha value is -1.87. The van der Waals surface area contributed by atoms with Crippen LogP contribution in [0.15, 0.2) is 24.3 Å². The molecule has 0 aliphatic carbocycles. The Bertz CT molecular complexity index is 558. The fraction of sp³-hybridized carbons (Fsp3) is 0.417. The number of anilines is 1. The predicted octanol–water partition coefficient (Wildman–Crippen LogP) is 4.10. The minimum Gasteiger partial charge on any atom is -0.321 e. The normalized spacial score (nSPS) is 13.4. The van der Waals surface area contributed by atoms with E-state index in [0.717, 1.165) is 12.1 Å². The minimum atomic E-state index is -6.57. The van der Waals surface area contributed by atoms with Crippen molar-refractivity contribution in [3.8, 4) is 0 Å². The van der Waals surface area contributed by atoms with Crippen LogP contribution in [0.2, 0.25) is 0 Å². The number of aryl methyl sites for hydroxylation is 1. The molecular formula is C12H9F8NO. The van der Waals surface area contributed by atoms with Crippen LogP contribution >= 0.6 is 0 Å². The number of alkyl halides is 8. The van der Waals surface area contributed by atoms with Crippen LogP contribution in [0, 0.1) is 6.92 Å². The average Bonchev–Trinajstić information content (AvgIpc) is 2.37. The summed E-state index contributed by atoms with van der Waals surface area (Å²) in [5.74, 6) is -21.8. The Balaban J connectivity index is 3.09. The van der Waals surface area contributed by atoms with E-state index < -0.39 is 30.1 Å². The van der Waals surface area contributed by atoms with Gasteiger partial charge < -0.3 is 5.32 Å². The van der Waals surface area contributed by atoms with Crippen molar-refractivity contribution in [2.24, 2.45) is 0 Å². The number of carbonyl (C=O) groups excluding carboxylic acids is 1. The highest BCUT2D eigenvalue weighted by Crippen LogP contribution is 2.48. The van der Waals surface area contributed by atoms with Gasteiger partial charge in [-0.1, -0.05) is 12.1 Å². The van der Waals surface area contributed by atoms with E-state index in [1.54, 1.807) is 0 Å². The molecule has 0 saturated carbocycles. The largest absolute Gasteiger partial charge is 0.393 e. The molecule has 124 valence electrons. The van der Waals surface area contributed by atoms with Crippen molar-refractivity contribution in [3.63, 3.8) is 0 Å². The quantitative estimate of drug-likeness (QED) is 0.807. The molecule has 2 nitrogen and oxygen atoms in total. The van der Waals surface area contributed by atoms with Crippen molar-refractivity contribution in [3.05, 3.63) is 29.8 Å². The molecule has 0 saturated heterocycles. The van der Waals surface area contributed by atoms with Gasteiger partial charge in [0.1, 0.15) is 0 Å². The van der Waals surface area contributed by atoms with E-state index in [9.17, 15) is 39.9 Å². The third kappa shape index (κ3) is 3.00. The van der Waals surface area contributed by atoms with Crippen LogP contribution in [0.5, 0.6) is 0 Å². The van der Waals surface area contributed by atoms with Crippen LogP contribution in [0.25, 0.3) is 0 Å². The molecule has 22 heavy (non-hydrogen) atoms. The van der Waals surface area contributed by atoms with Gasteiger partial charge in [-0.3, -0.25) is 4.79 Å². The van der Waals surface area contributed by atoms with E-state index >= 15 is 0 Å². The van der Waals surface area contributed by atoms with Crippen molar-refractivity contribution < 1.29 is 39.9 Å². The van der Waals surface area contributed by atoms with E-state index in [1.807, 2.05) is 0 Å². The van der Waals surface area contributed by atoms with Gasteiger partial charge in [0.15, 0.2) is 0 Å². The van der Waals surface area contributed by atoms with E-state index in [1.165, 1.54) is 24.4 Å². The molecule has 1 amide bonds. The molecule has 0 heterocycles. The fourth-order valence-electron chi connectivity index (χ4n) is 1.42. The Morgan fingerprint density at radius 1 is 1.09 bits per heavy atom. The summed E-state index contributed by atoms with van der Waals surface area (Å²) >= 11 is 0. The Morgan fingerprint density at radius 2 is 1.64 bits per heavy atom. The van der Waals surface area contributed by atoms with Gasteiger partial charge in [0.05, 0.1) is 0 Å². The van der Waals surface area contributed by atoms with Gasteiger partial charge in [-0.2, -0.15) is 26.3 Å². The second-order valence-electron chi connectivity index (χ2n) is 4.40. The summed E-state index contributed by atoms with van der Waals surface area (Å²) < 4.78 is 102. The first-order chi connectivity index (χ1) is 9.84. The lowest BCUT2D eigenvalue weighted by atomic mass is 10.0. The number of nitrogens with one attached hydrogen (secondary N) is 1. The molecule has 0 spiro atoms. The van der Waals surface area contributed by atoms with Crippen molar-refractivity contribution in [2.75, 3.05) is 5.32 Å². The first kappa shape index (κ1) is 18.2. The number of halogens is 8. The van der Waals surface area contributed by atoms with Crippen molar-refractivity contribution in [1.82, 2.24) is 0 Å². The molecule has 0 atom stereocenters. The van der Waals surface area contributed by atoms with Gasteiger partial charge >= 0.3 is 30.1 Å². The second kappa shape index (κ2) is 5.73. The maximum atomic E-state index is 13.3. The zero-order valence-corrected chi connectivity index (χ0v) is 10.8. The molecule has 1 aromatic rings. The third-order valence-electron chi connectivity index (χ3n) is 2.65. The van der Waals surface area contributed by atoms with E-state index in [4.69, 9.17) is 0 Å². The highest BCUT2D eigenvalue weighted by atomic mass is 19.4. The molecule has 1 N–H and O–H groups in total. The van der Waals surface area contributed by atoms with Crippen molar-refractivity contribution in [2.45, 2.75) is 31.1 Å². The highest BCUT2D eigenvalue weighted by Gasteiger charge is 2.78. The Kier molecular flexibility index (Phi) is 4.73. The van der Waals surface area contributed by atoms with Crippen molar-refractivity contribution >= 4 is 11.6 Å². The fourth-order valence-corrected chi connectivity index (χ4v) is 1.42. The number of hydrogen-bond donors (Lipinski definition) is 1. The minimum absolute atomic E-state index is 0.374. The summed E-state index contributed by atoms with van der Waals surface area (Å²) in [6.07, 6.45) is -5.07. The Morgan fingerprint density at radius 3 is 2.09 bits per heavy atom. The van der Waals surface area contributed by atoms with Gasteiger partial charge in [-0.15, -0.1) is 0 Å². The third-order valence-corrected chi connectivity index (χ3v) is 2.65. The molecule has 0 unspecified atom stereocenters. The van der Waals surface area contributed by atoms with Crippen LogP contribution in [0.3, 0.4) is 0 Å². The molecule has 0 fully saturated rings. The molecule has 10 heteroatoms. The topological polar surface area (TPSA) is 29.1 Å². The van der Waals surface area contributed by atoms with Gasteiger partial charge in [0, 0.05) is 5.69 Å². The lowest BCUT2D eigenvalue weighted by Gasteiger charge is -2.31. The molecule has 1 aromatic carbocycles. The zero-order chi connectivity index (χ0) is 17.3. The molecule has 0 radical (unpaired) electrons. The molecule has 0 aromatic heterocycles. The molecule has 1 rings (SSSR count). The van der Waals surface area contributed by atoms with Crippen LogP contribution < -0.4 is 5.32 Å². The van der Waals surface area contributed by atoms with E-state index in [0.29, 0.717) is 5.56 Å². The first-order valence-electron chi connectivity index (χ1n) is 5.63. The highest BCUT2D eigenvalue weighted by molar-refractivity contribution is 5.97. The summed E-state index contributed by atoms with van der Waals surface area (Å²) in [6.45, 7) is 1.48. The standard InChI is InChI=1S/C12H9F8NO/c1-6-3-2-4-7(5-6)21-9(22)11(17,18)12(19,20)10(15,16)8(13)14/h2-5,8H,1H3,(H,21,22). The Labute approximate surface area is 119 Å². The summed E-state index contributed by atoms with van der Waals surface area (Å²) in [5, 5.41) is 1.29. The van der Waals surface area contributed by atoms with Gasteiger partial charge in [0.2, 0.25) is 0 Å². The zero-order valence-electron chi connectivity index (χ0n) is 10.8. The lowest BCUT2D eigenvalue weighted by molar-refractivity contribution is -0.326. The van der Waals surface area contributed by atoms with E-state index in [-0.39, 0.29) is 5.69 Å². The van der Waals surface area contributed by atoms with Crippen LogP contribution in [-0.4, -0.2) is 30.1 Å². The average molecular weight is 335 g/mol. The maximum absolute atomic E-state index is 13.3. The monoisotopic (exact) mass is 335 g/mol. The van der Waals surface area contributed by atoms with Gasteiger partial charge in [-0.05, 0) is 24.6 Å². The van der Waals surface area contributed by atoms with E-state index in [2.05, 4.69) is 0 Å². The van der Waals surface area contributed by atoms with Crippen LogP contribution in [-0.2, 0) is 4.79 Å². The van der Waals surface area contributed by atoms with Gasteiger partial charge in [-0.25, -0.2) is 8.78 Å². The number of amides is 1. The number of benzene rings is 1.